The Bertz CT molecular complexity index is 513. The Labute approximate surface area is 112 Å². The van der Waals surface area contributed by atoms with E-state index in [9.17, 15) is 4.79 Å². The predicted octanol–water partition coefficient (Wildman–Crippen LogP) is 2.15. The van der Waals surface area contributed by atoms with Crippen molar-refractivity contribution in [3.63, 3.8) is 0 Å². The van der Waals surface area contributed by atoms with E-state index in [2.05, 4.69) is 4.99 Å². The molecule has 0 bridgehead atoms. The van der Waals surface area contributed by atoms with Gasteiger partial charge in [-0.2, -0.15) is 0 Å². The van der Waals surface area contributed by atoms with Gasteiger partial charge in [0.25, 0.3) is 0 Å². The third kappa shape index (κ3) is 2.16. The van der Waals surface area contributed by atoms with Gasteiger partial charge in [-0.3, -0.25) is 0 Å². The molecule has 4 heteroatoms. The molecule has 1 aromatic rings. The second-order valence-corrected chi connectivity index (χ2v) is 5.30. The highest BCUT2D eigenvalue weighted by Gasteiger charge is 2.46. The summed E-state index contributed by atoms with van der Waals surface area (Å²) >= 11 is 0. The molecule has 0 atom stereocenters. The number of ether oxygens (including phenoxy) is 1. The Balaban J connectivity index is 1.88. The van der Waals surface area contributed by atoms with E-state index in [4.69, 9.17) is 10.5 Å². The third-order valence-electron chi connectivity index (χ3n) is 4.00. The number of rotatable bonds is 2. The summed E-state index contributed by atoms with van der Waals surface area (Å²) in [4.78, 5) is 16.7. The number of cyclic esters (lactones) is 1. The van der Waals surface area contributed by atoms with Crippen LogP contribution in [0.15, 0.2) is 29.3 Å². The quantitative estimate of drug-likeness (QED) is 0.827. The van der Waals surface area contributed by atoms with Crippen LogP contribution in [0.25, 0.3) is 0 Å². The Hall–Kier alpha value is -1.68. The molecule has 4 nitrogen and oxygen atoms in total. The molecule has 2 aliphatic rings. The van der Waals surface area contributed by atoms with Crippen molar-refractivity contribution < 1.29 is 9.53 Å². The fourth-order valence-electron chi connectivity index (χ4n) is 2.81. The van der Waals surface area contributed by atoms with E-state index >= 15 is 0 Å². The maximum Gasteiger partial charge on any atom is 0.340 e. The topological polar surface area (TPSA) is 64.7 Å². The van der Waals surface area contributed by atoms with E-state index in [1.54, 1.807) is 0 Å². The smallest absolute Gasteiger partial charge is 0.340 e. The zero-order valence-electron chi connectivity index (χ0n) is 10.9. The lowest BCUT2D eigenvalue weighted by atomic mass is 9.83. The summed E-state index contributed by atoms with van der Waals surface area (Å²) in [5.74, 6) is 0.292. The maximum absolute atomic E-state index is 12.1. The molecule has 100 valence electrons. The number of aliphatic imine (C=N–C) groups is 1. The highest BCUT2D eigenvalue weighted by atomic mass is 16.6. The average molecular weight is 258 g/mol. The molecule has 0 amide bonds. The number of esters is 1. The van der Waals surface area contributed by atoms with Crippen LogP contribution < -0.4 is 5.73 Å². The fourth-order valence-corrected chi connectivity index (χ4v) is 2.81. The van der Waals surface area contributed by atoms with Crippen molar-refractivity contribution in [1.82, 2.24) is 0 Å². The first-order chi connectivity index (χ1) is 9.23. The van der Waals surface area contributed by atoms with Crippen LogP contribution in [0.2, 0.25) is 0 Å². The van der Waals surface area contributed by atoms with Gasteiger partial charge in [-0.05, 0) is 30.5 Å². The number of carbonyl (C=O) groups is 1. The fraction of sp³-hybridized carbons (Fsp3) is 0.467. The Kier molecular flexibility index (Phi) is 3.11. The minimum absolute atomic E-state index is 0.176. The van der Waals surface area contributed by atoms with Crippen LogP contribution >= 0.6 is 0 Å². The van der Waals surface area contributed by atoms with Gasteiger partial charge in [0.1, 0.15) is 0 Å². The van der Waals surface area contributed by atoms with Gasteiger partial charge in [-0.15, -0.1) is 0 Å². The molecule has 0 radical (unpaired) electrons. The maximum atomic E-state index is 12.1. The molecule has 3 rings (SSSR count). The Morgan fingerprint density at radius 2 is 1.84 bits per heavy atom. The van der Waals surface area contributed by atoms with Gasteiger partial charge >= 0.3 is 5.97 Å². The largest absolute Gasteiger partial charge is 0.405 e. The Morgan fingerprint density at radius 3 is 2.47 bits per heavy atom. The Morgan fingerprint density at radius 1 is 1.16 bits per heavy atom. The van der Waals surface area contributed by atoms with E-state index in [-0.39, 0.29) is 5.97 Å². The summed E-state index contributed by atoms with van der Waals surface area (Å²) < 4.78 is 5.39. The van der Waals surface area contributed by atoms with Crippen LogP contribution in [0, 0.1) is 0 Å². The van der Waals surface area contributed by atoms with Crippen molar-refractivity contribution in [3.8, 4) is 0 Å². The highest BCUT2D eigenvalue weighted by molar-refractivity contribution is 6.07. The SMILES string of the molecule is NCc1ccc(C2=NC3(CCCCC3)C(=O)O2)cc1. The van der Waals surface area contributed by atoms with Crippen LogP contribution in [0.4, 0.5) is 0 Å². The predicted molar refractivity (Wildman–Crippen MR) is 72.8 cm³/mol. The summed E-state index contributed by atoms with van der Waals surface area (Å²) in [6.07, 6.45) is 4.92. The van der Waals surface area contributed by atoms with Gasteiger partial charge in [-0.25, -0.2) is 9.79 Å². The standard InChI is InChI=1S/C15H18N2O2/c16-10-11-4-6-12(7-5-11)13-17-15(14(18)19-13)8-2-1-3-9-15/h4-7H,1-3,8-10,16H2. The minimum atomic E-state index is -0.597. The van der Waals surface area contributed by atoms with Crippen molar-refractivity contribution >= 4 is 11.9 Å². The van der Waals surface area contributed by atoms with Crippen LogP contribution in [-0.4, -0.2) is 17.4 Å². The molecule has 1 spiro atoms. The van der Waals surface area contributed by atoms with Gasteiger partial charge in [0.05, 0.1) is 0 Å². The van der Waals surface area contributed by atoms with Gasteiger partial charge in [0.15, 0.2) is 5.54 Å². The van der Waals surface area contributed by atoms with E-state index in [0.717, 1.165) is 36.8 Å². The monoisotopic (exact) mass is 258 g/mol. The van der Waals surface area contributed by atoms with Crippen molar-refractivity contribution in [3.05, 3.63) is 35.4 Å². The van der Waals surface area contributed by atoms with Gasteiger partial charge in [0.2, 0.25) is 5.90 Å². The zero-order chi connectivity index (χ0) is 13.3. The molecule has 1 heterocycles. The molecule has 0 unspecified atom stereocenters. The molecule has 0 saturated heterocycles. The molecule has 1 saturated carbocycles. The number of nitrogens with two attached hydrogens (primary N) is 1. The lowest BCUT2D eigenvalue weighted by Crippen LogP contribution is -2.35. The van der Waals surface area contributed by atoms with Crippen LogP contribution in [-0.2, 0) is 16.1 Å². The number of carbonyl (C=O) groups excluding carboxylic acids is 1. The van der Waals surface area contributed by atoms with Crippen LogP contribution in [0.5, 0.6) is 0 Å². The van der Waals surface area contributed by atoms with Crippen molar-refractivity contribution in [2.75, 3.05) is 0 Å². The molecular weight excluding hydrogens is 240 g/mol. The van der Waals surface area contributed by atoms with E-state index in [0.29, 0.717) is 12.4 Å². The minimum Gasteiger partial charge on any atom is -0.405 e. The van der Waals surface area contributed by atoms with E-state index in [1.165, 1.54) is 6.42 Å². The number of hydrogen-bond acceptors (Lipinski definition) is 4. The van der Waals surface area contributed by atoms with Crippen LogP contribution in [0.1, 0.15) is 43.2 Å². The first-order valence-electron chi connectivity index (χ1n) is 6.85. The van der Waals surface area contributed by atoms with Gasteiger partial charge < -0.3 is 10.5 Å². The molecule has 19 heavy (non-hydrogen) atoms. The first kappa shape index (κ1) is 12.4. The molecule has 1 aliphatic heterocycles. The lowest BCUT2D eigenvalue weighted by molar-refractivity contribution is -0.140. The second-order valence-electron chi connectivity index (χ2n) is 5.30. The third-order valence-corrected chi connectivity index (χ3v) is 4.00. The molecule has 1 fully saturated rings. The van der Waals surface area contributed by atoms with Gasteiger partial charge in [0, 0.05) is 12.1 Å². The molecule has 1 aliphatic carbocycles. The van der Waals surface area contributed by atoms with Crippen molar-refractivity contribution in [1.29, 1.82) is 0 Å². The highest BCUT2D eigenvalue weighted by Crippen LogP contribution is 2.37. The van der Waals surface area contributed by atoms with Crippen LogP contribution in [0.3, 0.4) is 0 Å². The average Bonchev–Trinajstić information content (AvgIpc) is 2.77. The summed E-state index contributed by atoms with van der Waals surface area (Å²) in [5, 5.41) is 0. The van der Waals surface area contributed by atoms with Crippen molar-refractivity contribution in [2.24, 2.45) is 10.7 Å². The number of nitrogens with zero attached hydrogens (tertiary/aromatic N) is 1. The molecule has 2 N–H and O–H groups in total. The molecule has 0 aromatic heterocycles. The second kappa shape index (κ2) is 4.78. The zero-order valence-corrected chi connectivity index (χ0v) is 10.9. The normalized spacial score (nSPS) is 21.3. The first-order valence-corrected chi connectivity index (χ1v) is 6.85. The van der Waals surface area contributed by atoms with Crippen molar-refractivity contribution in [2.45, 2.75) is 44.2 Å². The summed E-state index contributed by atoms with van der Waals surface area (Å²) in [7, 11) is 0. The number of hydrogen-bond donors (Lipinski definition) is 1. The summed E-state index contributed by atoms with van der Waals surface area (Å²) in [5.41, 5.74) is 6.89. The number of benzene rings is 1. The van der Waals surface area contributed by atoms with E-state index < -0.39 is 5.54 Å². The lowest BCUT2D eigenvalue weighted by Gasteiger charge is -2.25. The molecular formula is C15H18N2O2. The van der Waals surface area contributed by atoms with Gasteiger partial charge in [-0.1, -0.05) is 31.4 Å². The van der Waals surface area contributed by atoms with E-state index in [1.807, 2.05) is 24.3 Å². The molecule has 1 aromatic carbocycles. The summed E-state index contributed by atoms with van der Waals surface area (Å²) in [6.45, 7) is 0.510. The summed E-state index contributed by atoms with van der Waals surface area (Å²) in [6, 6.07) is 7.71.